The fraction of sp³-hybridized carbons (Fsp3) is 0.500. The minimum atomic E-state index is -0.620. The maximum absolute atomic E-state index is 12.5. The molecule has 0 radical (unpaired) electrons. The molecule has 140 valence electrons. The average molecular weight is 374 g/mol. The van der Waals surface area contributed by atoms with Crippen molar-refractivity contribution in [3.63, 3.8) is 0 Å². The lowest BCUT2D eigenvalue weighted by atomic mass is 10.1. The Bertz CT molecular complexity index is 580. The fourth-order valence-corrected chi connectivity index (χ4v) is 2.54. The number of primary amides is 1. The van der Waals surface area contributed by atoms with E-state index >= 15 is 0 Å². The van der Waals surface area contributed by atoms with Crippen LogP contribution in [0.1, 0.15) is 23.2 Å². The van der Waals surface area contributed by atoms with Crippen molar-refractivity contribution in [2.75, 3.05) is 33.9 Å². The molecule has 1 aromatic rings. The Labute approximate surface area is 152 Å². The fourth-order valence-electron chi connectivity index (χ4n) is 2.54. The zero-order valence-corrected chi connectivity index (χ0v) is 15.1. The zero-order valence-electron chi connectivity index (χ0n) is 14.3. The van der Waals surface area contributed by atoms with Crippen molar-refractivity contribution in [3.8, 4) is 17.2 Å². The van der Waals surface area contributed by atoms with Crippen LogP contribution in [-0.2, 0) is 4.79 Å². The van der Waals surface area contributed by atoms with E-state index in [1.54, 1.807) is 12.1 Å². The number of benzene rings is 1. The van der Waals surface area contributed by atoms with Crippen molar-refractivity contribution in [3.05, 3.63) is 17.7 Å². The van der Waals surface area contributed by atoms with Gasteiger partial charge >= 0.3 is 0 Å². The van der Waals surface area contributed by atoms with Crippen LogP contribution in [0.4, 0.5) is 0 Å². The van der Waals surface area contributed by atoms with E-state index in [1.165, 1.54) is 14.2 Å². The highest BCUT2D eigenvalue weighted by molar-refractivity contribution is 5.96. The third-order valence-corrected chi connectivity index (χ3v) is 3.71. The van der Waals surface area contributed by atoms with E-state index in [2.05, 4.69) is 10.6 Å². The monoisotopic (exact) mass is 373 g/mol. The van der Waals surface area contributed by atoms with Gasteiger partial charge in [0.15, 0.2) is 18.1 Å². The maximum Gasteiger partial charge on any atom is 0.255 e. The number of rotatable bonds is 7. The van der Waals surface area contributed by atoms with Gasteiger partial charge in [0.2, 0.25) is 5.75 Å². The standard InChI is InChI=1S/C16H23N3O5.ClH/c1-22-12-6-10(16(21)19-11-4-3-5-18-8-11)7-13(23-2)15(12)24-9-14(17)20;/h6-7,11,18H,3-5,8-9H2,1-2H3,(H2,17,20)(H,19,21);1H/t11-;/m0./s1. The molecule has 0 aliphatic carbocycles. The number of piperidine rings is 1. The summed E-state index contributed by atoms with van der Waals surface area (Å²) in [6.45, 7) is 1.41. The lowest BCUT2D eigenvalue weighted by Crippen LogP contribution is -2.45. The molecule has 4 N–H and O–H groups in total. The zero-order chi connectivity index (χ0) is 17.5. The second-order valence-electron chi connectivity index (χ2n) is 5.48. The number of hydrogen-bond donors (Lipinski definition) is 3. The summed E-state index contributed by atoms with van der Waals surface area (Å²) in [6, 6.07) is 3.18. The molecule has 1 aromatic carbocycles. The first kappa shape index (κ1) is 20.9. The highest BCUT2D eigenvalue weighted by Crippen LogP contribution is 2.38. The Morgan fingerprint density at radius 3 is 2.40 bits per heavy atom. The molecule has 0 aromatic heterocycles. The first-order chi connectivity index (χ1) is 11.5. The van der Waals surface area contributed by atoms with Gasteiger partial charge in [-0.2, -0.15) is 0 Å². The smallest absolute Gasteiger partial charge is 0.255 e. The highest BCUT2D eigenvalue weighted by Gasteiger charge is 2.21. The maximum atomic E-state index is 12.5. The van der Waals surface area contributed by atoms with Gasteiger partial charge in [0.25, 0.3) is 11.8 Å². The molecule has 1 fully saturated rings. The van der Waals surface area contributed by atoms with E-state index in [0.29, 0.717) is 17.1 Å². The molecule has 8 nitrogen and oxygen atoms in total. The molecular weight excluding hydrogens is 350 g/mol. The van der Waals surface area contributed by atoms with Crippen LogP contribution in [0.2, 0.25) is 0 Å². The molecule has 1 aliphatic rings. The van der Waals surface area contributed by atoms with E-state index < -0.39 is 5.91 Å². The lowest BCUT2D eigenvalue weighted by Gasteiger charge is -2.24. The SMILES string of the molecule is COc1cc(C(=O)N[C@H]2CCCNC2)cc(OC)c1OCC(N)=O.Cl. The van der Waals surface area contributed by atoms with E-state index in [0.717, 1.165) is 25.9 Å². The number of amides is 2. The Morgan fingerprint density at radius 1 is 1.28 bits per heavy atom. The molecular formula is C16H24ClN3O5. The van der Waals surface area contributed by atoms with Crippen LogP contribution < -0.4 is 30.6 Å². The molecule has 25 heavy (non-hydrogen) atoms. The molecule has 1 aliphatic heterocycles. The second-order valence-corrected chi connectivity index (χ2v) is 5.48. The summed E-state index contributed by atoms with van der Waals surface area (Å²) >= 11 is 0. The van der Waals surface area contributed by atoms with E-state index in [9.17, 15) is 9.59 Å². The normalized spacial score (nSPS) is 16.3. The predicted molar refractivity (Wildman–Crippen MR) is 94.8 cm³/mol. The van der Waals surface area contributed by atoms with Crippen molar-refractivity contribution >= 4 is 24.2 Å². The topological polar surface area (TPSA) is 112 Å². The minimum Gasteiger partial charge on any atom is -0.493 e. The van der Waals surface area contributed by atoms with Crippen LogP contribution in [0, 0.1) is 0 Å². The molecule has 2 amide bonds. The summed E-state index contributed by atoms with van der Waals surface area (Å²) in [5.41, 5.74) is 5.48. The highest BCUT2D eigenvalue weighted by atomic mass is 35.5. The first-order valence-electron chi connectivity index (χ1n) is 7.74. The summed E-state index contributed by atoms with van der Waals surface area (Å²) in [5.74, 6) is -0.0211. The summed E-state index contributed by atoms with van der Waals surface area (Å²) < 4.78 is 15.8. The largest absolute Gasteiger partial charge is 0.493 e. The average Bonchev–Trinajstić information content (AvgIpc) is 2.59. The van der Waals surface area contributed by atoms with Gasteiger partial charge in [-0.25, -0.2) is 0 Å². The molecule has 9 heteroatoms. The van der Waals surface area contributed by atoms with E-state index in [-0.39, 0.29) is 36.7 Å². The molecule has 0 unspecified atom stereocenters. The summed E-state index contributed by atoms with van der Waals surface area (Å²) in [4.78, 5) is 23.4. The number of carbonyl (C=O) groups is 2. The quantitative estimate of drug-likeness (QED) is 0.640. The number of nitrogens with one attached hydrogen (secondary N) is 2. The number of methoxy groups -OCH3 is 2. The van der Waals surface area contributed by atoms with Gasteiger partial charge in [0, 0.05) is 18.2 Å². The van der Waals surface area contributed by atoms with Gasteiger partial charge in [-0.1, -0.05) is 0 Å². The third kappa shape index (κ3) is 5.68. The van der Waals surface area contributed by atoms with Crippen molar-refractivity contribution in [1.29, 1.82) is 0 Å². The number of carbonyl (C=O) groups excluding carboxylic acids is 2. The van der Waals surface area contributed by atoms with Gasteiger partial charge in [0.05, 0.1) is 14.2 Å². The molecule has 0 saturated carbocycles. The van der Waals surface area contributed by atoms with Gasteiger partial charge in [-0.05, 0) is 31.5 Å². The lowest BCUT2D eigenvalue weighted by molar-refractivity contribution is -0.120. The summed E-state index contributed by atoms with van der Waals surface area (Å²) in [7, 11) is 2.89. The molecule has 2 rings (SSSR count). The van der Waals surface area contributed by atoms with Gasteiger partial charge in [-0.15, -0.1) is 12.4 Å². The van der Waals surface area contributed by atoms with Crippen LogP contribution in [0.15, 0.2) is 12.1 Å². The molecule has 0 bridgehead atoms. The predicted octanol–water partition coefficient (Wildman–Crippen LogP) is 0.472. The first-order valence-corrected chi connectivity index (χ1v) is 7.74. The van der Waals surface area contributed by atoms with Gasteiger partial charge < -0.3 is 30.6 Å². The Morgan fingerprint density at radius 2 is 1.92 bits per heavy atom. The van der Waals surface area contributed by atoms with Crippen molar-refractivity contribution in [2.24, 2.45) is 5.73 Å². The Kier molecular flexibility index (Phi) is 8.30. The van der Waals surface area contributed by atoms with Crippen LogP contribution >= 0.6 is 12.4 Å². The molecule has 1 atom stereocenters. The van der Waals surface area contributed by atoms with E-state index in [1.807, 2.05) is 0 Å². The molecule has 1 saturated heterocycles. The minimum absolute atomic E-state index is 0. The van der Waals surface area contributed by atoms with Gasteiger partial charge in [0.1, 0.15) is 0 Å². The van der Waals surface area contributed by atoms with Gasteiger partial charge in [-0.3, -0.25) is 9.59 Å². The van der Waals surface area contributed by atoms with Crippen LogP contribution in [-0.4, -0.2) is 51.8 Å². The van der Waals surface area contributed by atoms with Crippen molar-refractivity contribution in [1.82, 2.24) is 10.6 Å². The number of ether oxygens (including phenoxy) is 3. The Balaban J connectivity index is 0.00000312. The number of hydrogen-bond acceptors (Lipinski definition) is 6. The van der Waals surface area contributed by atoms with Crippen LogP contribution in [0.5, 0.6) is 17.2 Å². The third-order valence-electron chi connectivity index (χ3n) is 3.71. The van der Waals surface area contributed by atoms with Crippen molar-refractivity contribution in [2.45, 2.75) is 18.9 Å². The molecule has 0 spiro atoms. The summed E-state index contributed by atoms with van der Waals surface area (Å²) in [5, 5.41) is 6.23. The van der Waals surface area contributed by atoms with Crippen molar-refractivity contribution < 1.29 is 23.8 Å². The van der Waals surface area contributed by atoms with Crippen LogP contribution in [0.3, 0.4) is 0 Å². The number of halogens is 1. The molecule has 1 heterocycles. The Hall–Kier alpha value is -2.19. The van der Waals surface area contributed by atoms with Crippen LogP contribution in [0.25, 0.3) is 0 Å². The number of nitrogens with two attached hydrogens (primary N) is 1. The summed E-state index contributed by atoms with van der Waals surface area (Å²) in [6.07, 6.45) is 1.96. The van der Waals surface area contributed by atoms with E-state index in [4.69, 9.17) is 19.9 Å². The second kappa shape index (κ2) is 9.95.